The first kappa shape index (κ1) is 14.1. The summed E-state index contributed by atoms with van der Waals surface area (Å²) in [6.07, 6.45) is 0. The lowest BCUT2D eigenvalue weighted by molar-refractivity contribution is -0.131. The predicted octanol–water partition coefficient (Wildman–Crippen LogP) is 1.66. The highest BCUT2D eigenvalue weighted by Crippen LogP contribution is 2.11. The number of rotatable bonds is 6. The van der Waals surface area contributed by atoms with Gasteiger partial charge >= 0.3 is 0 Å². The first-order valence-electron chi connectivity index (χ1n) is 5.86. The summed E-state index contributed by atoms with van der Waals surface area (Å²) in [6, 6.07) is 0. The molecule has 17 heavy (non-hydrogen) atoms. The van der Waals surface area contributed by atoms with E-state index in [0.29, 0.717) is 19.0 Å². The SMILES string of the molecule is CNCC(=O)N(Cc1csc(C)n1)CC(C)C. The zero-order chi connectivity index (χ0) is 12.8. The van der Waals surface area contributed by atoms with Crippen LogP contribution in [0.3, 0.4) is 0 Å². The van der Waals surface area contributed by atoms with Crippen LogP contribution in [0.2, 0.25) is 0 Å². The van der Waals surface area contributed by atoms with Crippen molar-refractivity contribution in [3.63, 3.8) is 0 Å². The number of amides is 1. The number of carbonyl (C=O) groups excluding carboxylic acids is 1. The Hall–Kier alpha value is -0.940. The van der Waals surface area contributed by atoms with Crippen LogP contribution in [0.5, 0.6) is 0 Å². The van der Waals surface area contributed by atoms with E-state index in [-0.39, 0.29) is 5.91 Å². The van der Waals surface area contributed by atoms with Gasteiger partial charge in [-0.15, -0.1) is 11.3 Å². The maximum Gasteiger partial charge on any atom is 0.236 e. The molecular formula is C12H21N3OS. The Morgan fingerprint density at radius 3 is 2.76 bits per heavy atom. The summed E-state index contributed by atoms with van der Waals surface area (Å²) < 4.78 is 0. The molecule has 0 spiro atoms. The highest BCUT2D eigenvalue weighted by Gasteiger charge is 2.15. The number of hydrogen-bond acceptors (Lipinski definition) is 4. The number of thiazole rings is 1. The first-order valence-corrected chi connectivity index (χ1v) is 6.74. The molecule has 1 aromatic heterocycles. The summed E-state index contributed by atoms with van der Waals surface area (Å²) in [6.45, 7) is 7.99. The second-order valence-corrected chi connectivity index (χ2v) is 5.62. The molecule has 0 aliphatic carbocycles. The zero-order valence-electron chi connectivity index (χ0n) is 11.0. The molecule has 0 radical (unpaired) electrons. The standard InChI is InChI=1S/C12H21N3OS/c1-9(2)6-15(12(16)5-13-4)7-11-8-17-10(3)14-11/h8-9,13H,5-7H2,1-4H3. The smallest absolute Gasteiger partial charge is 0.236 e. The fourth-order valence-corrected chi connectivity index (χ4v) is 2.24. The van der Waals surface area contributed by atoms with Crippen LogP contribution in [0.15, 0.2) is 5.38 Å². The van der Waals surface area contributed by atoms with E-state index in [1.807, 2.05) is 17.2 Å². The van der Waals surface area contributed by atoms with Crippen molar-refractivity contribution < 1.29 is 4.79 Å². The molecule has 0 fully saturated rings. The second kappa shape index (κ2) is 6.71. The molecule has 0 aliphatic heterocycles. The van der Waals surface area contributed by atoms with Gasteiger partial charge in [0.2, 0.25) is 5.91 Å². The quantitative estimate of drug-likeness (QED) is 0.841. The lowest BCUT2D eigenvalue weighted by Crippen LogP contribution is -2.39. The van der Waals surface area contributed by atoms with Gasteiger partial charge in [0.15, 0.2) is 0 Å². The van der Waals surface area contributed by atoms with Crippen molar-refractivity contribution in [2.24, 2.45) is 5.92 Å². The monoisotopic (exact) mass is 255 g/mol. The third kappa shape index (κ3) is 4.83. The van der Waals surface area contributed by atoms with Crippen molar-refractivity contribution in [2.45, 2.75) is 27.3 Å². The lowest BCUT2D eigenvalue weighted by Gasteiger charge is -2.23. The number of aryl methyl sites for hydroxylation is 1. The number of likely N-dealkylation sites (N-methyl/N-ethyl adjacent to an activating group) is 1. The second-order valence-electron chi connectivity index (χ2n) is 4.56. The van der Waals surface area contributed by atoms with Gasteiger partial charge in [-0.2, -0.15) is 0 Å². The molecule has 0 unspecified atom stereocenters. The molecule has 1 heterocycles. The van der Waals surface area contributed by atoms with E-state index in [1.165, 1.54) is 0 Å². The third-order valence-corrected chi connectivity index (χ3v) is 3.11. The molecule has 4 nitrogen and oxygen atoms in total. The van der Waals surface area contributed by atoms with E-state index >= 15 is 0 Å². The Balaban J connectivity index is 2.66. The molecule has 0 saturated heterocycles. The van der Waals surface area contributed by atoms with Crippen molar-refractivity contribution in [1.82, 2.24) is 15.2 Å². The molecular weight excluding hydrogens is 234 g/mol. The highest BCUT2D eigenvalue weighted by atomic mass is 32.1. The normalized spacial score (nSPS) is 10.9. The van der Waals surface area contributed by atoms with Gasteiger partial charge in [-0.25, -0.2) is 4.98 Å². The van der Waals surface area contributed by atoms with Crippen LogP contribution in [-0.2, 0) is 11.3 Å². The Labute approximate surface area is 107 Å². The molecule has 0 atom stereocenters. The van der Waals surface area contributed by atoms with Crippen molar-refractivity contribution in [2.75, 3.05) is 20.1 Å². The van der Waals surface area contributed by atoms with Crippen molar-refractivity contribution >= 4 is 17.2 Å². The van der Waals surface area contributed by atoms with Gasteiger partial charge in [-0.1, -0.05) is 13.8 Å². The Morgan fingerprint density at radius 1 is 1.59 bits per heavy atom. The zero-order valence-corrected chi connectivity index (χ0v) is 11.8. The average molecular weight is 255 g/mol. The minimum Gasteiger partial charge on any atom is -0.335 e. The van der Waals surface area contributed by atoms with E-state index in [4.69, 9.17) is 0 Å². The molecule has 5 heteroatoms. The van der Waals surface area contributed by atoms with Crippen LogP contribution in [-0.4, -0.2) is 35.9 Å². The molecule has 1 rings (SSSR count). The summed E-state index contributed by atoms with van der Waals surface area (Å²) in [5.41, 5.74) is 0.984. The molecule has 0 aromatic carbocycles. The molecule has 0 bridgehead atoms. The van der Waals surface area contributed by atoms with Crippen molar-refractivity contribution in [3.8, 4) is 0 Å². The van der Waals surface area contributed by atoms with Crippen LogP contribution in [0.1, 0.15) is 24.5 Å². The Kier molecular flexibility index (Phi) is 5.58. The van der Waals surface area contributed by atoms with E-state index in [9.17, 15) is 4.79 Å². The predicted molar refractivity (Wildman–Crippen MR) is 71.0 cm³/mol. The summed E-state index contributed by atoms with van der Waals surface area (Å²) in [7, 11) is 1.79. The van der Waals surface area contributed by atoms with Gasteiger partial charge in [0.05, 0.1) is 23.8 Å². The van der Waals surface area contributed by atoms with Crippen molar-refractivity contribution in [3.05, 3.63) is 16.1 Å². The topological polar surface area (TPSA) is 45.2 Å². The van der Waals surface area contributed by atoms with Gasteiger partial charge < -0.3 is 10.2 Å². The first-order chi connectivity index (χ1) is 8.02. The van der Waals surface area contributed by atoms with Crippen LogP contribution in [0.4, 0.5) is 0 Å². The fraction of sp³-hybridized carbons (Fsp3) is 0.667. The van der Waals surface area contributed by atoms with Gasteiger partial charge in [-0.3, -0.25) is 4.79 Å². The maximum atomic E-state index is 11.9. The van der Waals surface area contributed by atoms with E-state index < -0.39 is 0 Å². The molecule has 0 aliphatic rings. The Bertz CT molecular complexity index is 362. The van der Waals surface area contributed by atoms with Gasteiger partial charge in [0.25, 0.3) is 0 Å². The molecule has 0 saturated carbocycles. The van der Waals surface area contributed by atoms with E-state index in [2.05, 4.69) is 24.1 Å². The number of aromatic nitrogens is 1. The molecule has 96 valence electrons. The molecule has 1 aromatic rings. The number of nitrogens with one attached hydrogen (secondary N) is 1. The lowest BCUT2D eigenvalue weighted by atomic mass is 10.2. The van der Waals surface area contributed by atoms with Gasteiger partial charge in [-0.05, 0) is 19.9 Å². The summed E-state index contributed by atoms with van der Waals surface area (Å²) in [5.74, 6) is 0.599. The molecule has 1 N–H and O–H groups in total. The summed E-state index contributed by atoms with van der Waals surface area (Å²) in [5, 5.41) is 5.97. The minimum atomic E-state index is 0.131. The summed E-state index contributed by atoms with van der Waals surface area (Å²) in [4.78, 5) is 18.2. The fourth-order valence-electron chi connectivity index (χ4n) is 1.63. The highest BCUT2D eigenvalue weighted by molar-refractivity contribution is 7.09. The number of hydrogen-bond donors (Lipinski definition) is 1. The van der Waals surface area contributed by atoms with Crippen LogP contribution >= 0.6 is 11.3 Å². The van der Waals surface area contributed by atoms with E-state index in [1.54, 1.807) is 18.4 Å². The third-order valence-electron chi connectivity index (χ3n) is 2.29. The van der Waals surface area contributed by atoms with Crippen LogP contribution in [0.25, 0.3) is 0 Å². The number of nitrogens with zero attached hydrogens (tertiary/aromatic N) is 2. The largest absolute Gasteiger partial charge is 0.335 e. The average Bonchev–Trinajstić information content (AvgIpc) is 2.63. The minimum absolute atomic E-state index is 0.131. The number of carbonyl (C=O) groups is 1. The Morgan fingerprint density at radius 2 is 2.29 bits per heavy atom. The van der Waals surface area contributed by atoms with Crippen LogP contribution in [0, 0.1) is 12.8 Å². The summed E-state index contributed by atoms with van der Waals surface area (Å²) >= 11 is 1.63. The van der Waals surface area contributed by atoms with Crippen molar-refractivity contribution in [1.29, 1.82) is 0 Å². The van der Waals surface area contributed by atoms with Crippen LogP contribution < -0.4 is 5.32 Å². The molecule has 1 amide bonds. The van der Waals surface area contributed by atoms with Gasteiger partial charge in [0.1, 0.15) is 0 Å². The van der Waals surface area contributed by atoms with Gasteiger partial charge in [0, 0.05) is 11.9 Å². The van der Waals surface area contributed by atoms with E-state index in [0.717, 1.165) is 17.2 Å². The maximum absolute atomic E-state index is 11.9.